The summed E-state index contributed by atoms with van der Waals surface area (Å²) in [4.78, 5) is 35.0. The molecule has 20 heavy (non-hydrogen) atoms. The summed E-state index contributed by atoms with van der Waals surface area (Å²) < 4.78 is 0. The molecule has 0 saturated heterocycles. The van der Waals surface area contributed by atoms with E-state index in [2.05, 4.69) is 15.5 Å². The van der Waals surface area contributed by atoms with Crippen molar-refractivity contribution in [2.45, 2.75) is 44.3 Å². The van der Waals surface area contributed by atoms with Crippen molar-refractivity contribution < 1.29 is 24.6 Å². The van der Waals surface area contributed by atoms with Crippen molar-refractivity contribution in [2.24, 2.45) is 0 Å². The van der Waals surface area contributed by atoms with Gasteiger partial charge in [-0.15, -0.1) is 0 Å². The van der Waals surface area contributed by atoms with Crippen LogP contribution in [-0.2, 0) is 9.59 Å². The van der Waals surface area contributed by atoms with E-state index in [0.717, 1.165) is 12.8 Å². The molecule has 1 aliphatic carbocycles. The minimum absolute atomic E-state index is 0.135. The number of amides is 2. The summed E-state index contributed by atoms with van der Waals surface area (Å²) in [6, 6.07) is -1.40. The maximum Gasteiger partial charge on any atom is 0.326 e. The van der Waals surface area contributed by atoms with Gasteiger partial charge in [0.05, 0.1) is 6.42 Å². The average Bonchev–Trinajstić information content (AvgIpc) is 3.17. The number of carbonyl (C=O) groups is 3. The molecule has 0 heterocycles. The Morgan fingerprint density at radius 3 is 2.35 bits per heavy atom. The maximum atomic E-state index is 11.6. The Morgan fingerprint density at radius 1 is 1.30 bits per heavy atom. The molecular weight excluding hydrogens is 266 g/mol. The van der Waals surface area contributed by atoms with Crippen molar-refractivity contribution in [2.75, 3.05) is 13.6 Å². The molecule has 1 rings (SSSR count). The lowest BCUT2D eigenvalue weighted by atomic mass is 10.2. The highest BCUT2D eigenvalue weighted by Crippen LogP contribution is 2.26. The molecule has 0 bridgehead atoms. The van der Waals surface area contributed by atoms with Crippen molar-refractivity contribution in [1.29, 1.82) is 0 Å². The van der Waals surface area contributed by atoms with Crippen molar-refractivity contribution >= 4 is 18.0 Å². The number of urea groups is 1. The molecule has 0 aliphatic heterocycles. The molecule has 4 N–H and O–H groups in total. The van der Waals surface area contributed by atoms with Crippen molar-refractivity contribution in [3.63, 3.8) is 0 Å². The number of carboxylic acid groups (broad SMARTS) is 2. The third-order valence-corrected chi connectivity index (χ3v) is 3.36. The predicted molar refractivity (Wildman–Crippen MR) is 70.5 cm³/mol. The molecule has 1 fully saturated rings. The van der Waals surface area contributed by atoms with Gasteiger partial charge < -0.3 is 20.8 Å². The Morgan fingerprint density at radius 2 is 1.90 bits per heavy atom. The van der Waals surface area contributed by atoms with E-state index in [-0.39, 0.29) is 6.04 Å². The van der Waals surface area contributed by atoms with Gasteiger partial charge in [0.2, 0.25) is 0 Å². The number of carboxylic acids is 2. The van der Waals surface area contributed by atoms with Gasteiger partial charge in [-0.05, 0) is 26.8 Å². The zero-order valence-corrected chi connectivity index (χ0v) is 11.6. The van der Waals surface area contributed by atoms with E-state index in [1.807, 2.05) is 14.0 Å². The van der Waals surface area contributed by atoms with Gasteiger partial charge in [0.1, 0.15) is 6.04 Å². The summed E-state index contributed by atoms with van der Waals surface area (Å²) in [5.41, 5.74) is 0. The van der Waals surface area contributed by atoms with Crippen LogP contribution in [-0.4, -0.2) is 64.8 Å². The fraction of sp³-hybridized carbons (Fsp3) is 0.750. The summed E-state index contributed by atoms with van der Waals surface area (Å²) in [5, 5.41) is 22.1. The van der Waals surface area contributed by atoms with Gasteiger partial charge in [-0.25, -0.2) is 9.59 Å². The summed E-state index contributed by atoms with van der Waals surface area (Å²) in [5.74, 6) is -2.65. The van der Waals surface area contributed by atoms with Crippen LogP contribution in [0.3, 0.4) is 0 Å². The van der Waals surface area contributed by atoms with E-state index in [9.17, 15) is 14.4 Å². The number of hydrogen-bond acceptors (Lipinski definition) is 4. The first kappa shape index (κ1) is 16.2. The zero-order valence-electron chi connectivity index (χ0n) is 11.6. The van der Waals surface area contributed by atoms with Gasteiger partial charge in [-0.1, -0.05) is 0 Å². The summed E-state index contributed by atoms with van der Waals surface area (Å²) in [6.45, 7) is 2.34. The lowest BCUT2D eigenvalue weighted by Gasteiger charge is -2.25. The number of rotatable bonds is 8. The molecule has 2 atom stereocenters. The van der Waals surface area contributed by atoms with Crippen molar-refractivity contribution in [1.82, 2.24) is 15.5 Å². The van der Waals surface area contributed by atoms with Crippen LogP contribution in [0.2, 0.25) is 0 Å². The van der Waals surface area contributed by atoms with E-state index < -0.39 is 30.4 Å². The van der Waals surface area contributed by atoms with E-state index in [4.69, 9.17) is 10.2 Å². The molecule has 0 spiro atoms. The third kappa shape index (κ3) is 5.43. The smallest absolute Gasteiger partial charge is 0.326 e. The number of carbonyl (C=O) groups excluding carboxylic acids is 1. The number of nitrogens with one attached hydrogen (secondary N) is 2. The molecule has 1 unspecified atom stereocenters. The SMILES string of the molecule is CC(CNC(=O)N[C@H](CC(=O)O)C(=O)O)N(C)C1CC1. The lowest BCUT2D eigenvalue weighted by molar-refractivity contribution is -0.145. The first-order valence-corrected chi connectivity index (χ1v) is 6.52. The predicted octanol–water partition coefficient (Wildman–Crippen LogP) is -0.304. The second kappa shape index (κ2) is 7.09. The highest BCUT2D eigenvalue weighted by atomic mass is 16.4. The molecule has 114 valence electrons. The normalized spacial score (nSPS) is 17.4. The maximum absolute atomic E-state index is 11.6. The Labute approximate surface area is 117 Å². The van der Waals surface area contributed by atoms with E-state index in [0.29, 0.717) is 12.6 Å². The van der Waals surface area contributed by atoms with Crippen molar-refractivity contribution in [3.05, 3.63) is 0 Å². The zero-order chi connectivity index (χ0) is 15.3. The van der Waals surface area contributed by atoms with E-state index in [1.165, 1.54) is 0 Å². The second-order valence-electron chi connectivity index (χ2n) is 5.09. The van der Waals surface area contributed by atoms with Crippen LogP contribution in [0.1, 0.15) is 26.2 Å². The summed E-state index contributed by atoms with van der Waals surface area (Å²) in [7, 11) is 1.98. The second-order valence-corrected chi connectivity index (χ2v) is 5.09. The lowest BCUT2D eigenvalue weighted by Crippen LogP contribution is -2.50. The van der Waals surface area contributed by atoms with Crippen LogP contribution in [0.15, 0.2) is 0 Å². The van der Waals surface area contributed by atoms with Crippen molar-refractivity contribution in [3.8, 4) is 0 Å². The van der Waals surface area contributed by atoms with Gasteiger partial charge in [0.25, 0.3) is 0 Å². The van der Waals surface area contributed by atoms with Gasteiger partial charge >= 0.3 is 18.0 Å². The van der Waals surface area contributed by atoms with Gasteiger partial charge in [-0.3, -0.25) is 9.69 Å². The molecule has 0 aromatic heterocycles. The van der Waals surface area contributed by atoms with Crippen LogP contribution in [0.4, 0.5) is 4.79 Å². The number of likely N-dealkylation sites (N-methyl/N-ethyl adjacent to an activating group) is 1. The first-order chi connectivity index (χ1) is 9.31. The van der Waals surface area contributed by atoms with Crippen LogP contribution in [0, 0.1) is 0 Å². The van der Waals surface area contributed by atoms with Gasteiger partial charge in [-0.2, -0.15) is 0 Å². The average molecular weight is 287 g/mol. The first-order valence-electron chi connectivity index (χ1n) is 6.52. The fourth-order valence-corrected chi connectivity index (χ4v) is 1.81. The molecule has 1 aliphatic rings. The van der Waals surface area contributed by atoms with Crippen LogP contribution in [0.25, 0.3) is 0 Å². The minimum atomic E-state index is -1.43. The number of nitrogens with zero attached hydrogens (tertiary/aromatic N) is 1. The third-order valence-electron chi connectivity index (χ3n) is 3.36. The number of hydrogen-bond donors (Lipinski definition) is 4. The standard InChI is InChI=1S/C12H21N3O5/c1-7(15(2)8-3-4-8)6-13-12(20)14-9(11(18)19)5-10(16)17/h7-9H,3-6H2,1-2H3,(H,16,17)(H,18,19)(H2,13,14,20)/t7?,9-/m1/s1. The molecule has 8 heteroatoms. The largest absolute Gasteiger partial charge is 0.481 e. The van der Waals surface area contributed by atoms with Gasteiger partial charge in [0, 0.05) is 18.6 Å². The topological polar surface area (TPSA) is 119 Å². The molecule has 0 radical (unpaired) electrons. The van der Waals surface area contributed by atoms with Gasteiger partial charge in [0.15, 0.2) is 0 Å². The van der Waals surface area contributed by atoms with E-state index in [1.54, 1.807) is 0 Å². The van der Waals surface area contributed by atoms with E-state index >= 15 is 0 Å². The fourth-order valence-electron chi connectivity index (χ4n) is 1.81. The molecular formula is C12H21N3O5. The minimum Gasteiger partial charge on any atom is -0.481 e. The molecule has 0 aromatic rings. The molecule has 1 saturated carbocycles. The Hall–Kier alpha value is -1.83. The Kier molecular flexibility index (Phi) is 5.75. The highest BCUT2D eigenvalue weighted by molar-refractivity contribution is 5.86. The quantitative estimate of drug-likeness (QED) is 0.486. The Bertz CT molecular complexity index is 383. The van der Waals surface area contributed by atoms with Crippen LogP contribution < -0.4 is 10.6 Å². The molecule has 2 amide bonds. The monoisotopic (exact) mass is 287 g/mol. The molecule has 8 nitrogen and oxygen atoms in total. The summed E-state index contributed by atoms with van der Waals surface area (Å²) >= 11 is 0. The van der Waals surface area contributed by atoms with Crippen LogP contribution >= 0.6 is 0 Å². The number of aliphatic carboxylic acids is 2. The molecule has 0 aromatic carbocycles. The Balaban J connectivity index is 2.33. The highest BCUT2D eigenvalue weighted by Gasteiger charge is 2.29. The van der Waals surface area contributed by atoms with Crippen LogP contribution in [0.5, 0.6) is 0 Å². The summed E-state index contributed by atoms with van der Waals surface area (Å²) in [6.07, 6.45) is 1.67.